The van der Waals surface area contributed by atoms with E-state index in [0.717, 1.165) is 49.8 Å². The summed E-state index contributed by atoms with van der Waals surface area (Å²) in [6, 6.07) is 13.2. The molecule has 1 amide bonds. The van der Waals surface area contributed by atoms with E-state index in [1.807, 2.05) is 37.3 Å². The Morgan fingerprint density at radius 3 is 2.54 bits per heavy atom. The van der Waals surface area contributed by atoms with E-state index in [0.29, 0.717) is 5.02 Å². The molecule has 1 atom stereocenters. The number of phenols is 1. The van der Waals surface area contributed by atoms with E-state index in [1.165, 1.54) is 0 Å². The third-order valence-corrected chi connectivity index (χ3v) is 5.07. The summed E-state index contributed by atoms with van der Waals surface area (Å²) in [5.74, 6) is -0.322. The Morgan fingerprint density at radius 2 is 1.86 bits per heavy atom. The summed E-state index contributed by atoms with van der Waals surface area (Å²) in [6.07, 6.45) is 4.77. The molecule has 0 fully saturated rings. The Labute approximate surface area is 173 Å². The first-order valence-corrected chi connectivity index (χ1v) is 10.3. The van der Waals surface area contributed by atoms with E-state index < -0.39 is 0 Å². The first kappa shape index (κ1) is 22.3. The Morgan fingerprint density at radius 1 is 1.14 bits per heavy atom. The van der Waals surface area contributed by atoms with Crippen molar-refractivity contribution in [2.24, 2.45) is 0 Å². The van der Waals surface area contributed by atoms with Crippen LogP contribution in [0.2, 0.25) is 5.02 Å². The highest BCUT2D eigenvalue weighted by molar-refractivity contribution is 6.31. The zero-order valence-corrected chi connectivity index (χ0v) is 17.8. The van der Waals surface area contributed by atoms with Gasteiger partial charge < -0.3 is 15.3 Å². The van der Waals surface area contributed by atoms with E-state index in [2.05, 4.69) is 24.3 Å². The molecule has 2 aromatic carbocycles. The number of aryl methyl sites for hydroxylation is 1. The molecule has 0 heterocycles. The van der Waals surface area contributed by atoms with Gasteiger partial charge in [-0.15, -0.1) is 0 Å². The number of nitrogens with zero attached hydrogens (tertiary/aromatic N) is 1. The van der Waals surface area contributed by atoms with Crippen LogP contribution in [0.15, 0.2) is 42.5 Å². The van der Waals surface area contributed by atoms with Crippen LogP contribution in [0.25, 0.3) is 0 Å². The average molecular weight is 403 g/mol. The van der Waals surface area contributed by atoms with E-state index >= 15 is 0 Å². The van der Waals surface area contributed by atoms with Crippen LogP contribution in [0, 0.1) is 0 Å². The minimum atomic E-state index is -0.305. The highest BCUT2D eigenvalue weighted by Crippen LogP contribution is 2.28. The van der Waals surface area contributed by atoms with Gasteiger partial charge in [-0.2, -0.15) is 0 Å². The highest BCUT2D eigenvalue weighted by atomic mass is 35.5. The van der Waals surface area contributed by atoms with Gasteiger partial charge in [-0.1, -0.05) is 48.4 Å². The van der Waals surface area contributed by atoms with Gasteiger partial charge in [0.25, 0.3) is 5.91 Å². The normalized spacial score (nSPS) is 12.2. The molecule has 0 spiro atoms. The number of rotatable bonds is 10. The summed E-state index contributed by atoms with van der Waals surface area (Å²) in [5, 5.41) is 13.8. The molecule has 0 saturated carbocycles. The maximum atomic E-state index is 12.6. The summed E-state index contributed by atoms with van der Waals surface area (Å²) >= 11 is 6.38. The van der Waals surface area contributed by atoms with Crippen LogP contribution in [0.3, 0.4) is 0 Å². The van der Waals surface area contributed by atoms with Crippen molar-refractivity contribution < 1.29 is 9.90 Å². The van der Waals surface area contributed by atoms with Gasteiger partial charge in [0.2, 0.25) is 0 Å². The third kappa shape index (κ3) is 7.17. The summed E-state index contributed by atoms with van der Waals surface area (Å²) < 4.78 is 0. The Hall–Kier alpha value is -2.04. The minimum absolute atomic E-state index is 0.0166. The number of carbonyl (C=O) groups is 1. The molecule has 0 aromatic heterocycles. The first-order chi connectivity index (χ1) is 13.4. The summed E-state index contributed by atoms with van der Waals surface area (Å²) in [5.41, 5.74) is 2.27. The van der Waals surface area contributed by atoms with Gasteiger partial charge in [0.15, 0.2) is 0 Å². The number of benzene rings is 2. The fourth-order valence-corrected chi connectivity index (χ4v) is 3.48. The van der Waals surface area contributed by atoms with Crippen LogP contribution in [-0.2, 0) is 12.8 Å². The second kappa shape index (κ2) is 11.1. The lowest BCUT2D eigenvalue weighted by Gasteiger charge is -2.16. The molecule has 0 aliphatic heterocycles. The highest BCUT2D eigenvalue weighted by Gasteiger charge is 2.17. The zero-order valence-electron chi connectivity index (χ0n) is 17.0. The van der Waals surface area contributed by atoms with Crippen LogP contribution in [0.1, 0.15) is 47.7 Å². The van der Waals surface area contributed by atoms with Crippen molar-refractivity contribution in [3.05, 3.63) is 64.2 Å². The second-order valence-electron chi connectivity index (χ2n) is 7.64. The van der Waals surface area contributed by atoms with Crippen molar-refractivity contribution in [3.8, 4) is 5.75 Å². The molecule has 2 N–H and O–H groups in total. The van der Waals surface area contributed by atoms with Crippen LogP contribution in [0.5, 0.6) is 5.75 Å². The first-order valence-electron chi connectivity index (χ1n) is 9.87. The second-order valence-corrected chi connectivity index (χ2v) is 8.05. The maximum absolute atomic E-state index is 12.6. The van der Waals surface area contributed by atoms with Crippen molar-refractivity contribution in [1.82, 2.24) is 10.2 Å². The molecule has 0 bridgehead atoms. The lowest BCUT2D eigenvalue weighted by molar-refractivity contribution is 0.0937. The van der Waals surface area contributed by atoms with E-state index in [9.17, 15) is 9.90 Å². The van der Waals surface area contributed by atoms with Gasteiger partial charge in [-0.3, -0.25) is 4.79 Å². The van der Waals surface area contributed by atoms with Crippen molar-refractivity contribution >= 4 is 17.5 Å². The van der Waals surface area contributed by atoms with Crippen molar-refractivity contribution in [2.45, 2.75) is 45.1 Å². The lowest BCUT2D eigenvalue weighted by Crippen LogP contribution is -2.34. The minimum Gasteiger partial charge on any atom is -0.507 e. The standard InChI is InChI=1S/C23H31ClN2O2/c1-17(14-18-10-6-4-7-11-18)25-23(28)20-16-21(24)19(15-22(20)27)12-8-5-9-13-26(2)3/h4,6-7,10-11,15-17,27H,5,8-9,12-14H2,1-3H3,(H,25,28)/t17-/m1/s1. The predicted octanol–water partition coefficient (Wildman–Crippen LogP) is 4.68. The molecular formula is C23H31ClN2O2. The summed E-state index contributed by atoms with van der Waals surface area (Å²) in [4.78, 5) is 14.7. The monoisotopic (exact) mass is 402 g/mol. The molecule has 152 valence electrons. The largest absolute Gasteiger partial charge is 0.507 e. The van der Waals surface area contributed by atoms with Gasteiger partial charge in [0.1, 0.15) is 5.75 Å². The van der Waals surface area contributed by atoms with Crippen LogP contribution in [-0.4, -0.2) is 42.6 Å². The molecule has 4 nitrogen and oxygen atoms in total. The number of nitrogens with one attached hydrogen (secondary N) is 1. The molecule has 0 aliphatic rings. The molecule has 0 radical (unpaired) electrons. The summed E-state index contributed by atoms with van der Waals surface area (Å²) in [6.45, 7) is 3.02. The quantitative estimate of drug-likeness (QED) is 0.567. The van der Waals surface area contributed by atoms with Crippen molar-refractivity contribution in [3.63, 3.8) is 0 Å². The van der Waals surface area contributed by atoms with E-state index in [1.54, 1.807) is 12.1 Å². The molecule has 5 heteroatoms. The Bertz CT molecular complexity index is 763. The number of phenolic OH excluding ortho intramolecular Hbond substituents is 1. The van der Waals surface area contributed by atoms with Gasteiger partial charge in [0.05, 0.1) is 5.56 Å². The smallest absolute Gasteiger partial charge is 0.255 e. The number of aromatic hydroxyl groups is 1. The van der Waals surface area contributed by atoms with Gasteiger partial charge in [-0.25, -0.2) is 0 Å². The molecular weight excluding hydrogens is 372 g/mol. The predicted molar refractivity (Wildman–Crippen MR) is 116 cm³/mol. The Balaban J connectivity index is 1.92. The number of hydrogen-bond acceptors (Lipinski definition) is 3. The number of hydrogen-bond donors (Lipinski definition) is 2. The molecule has 0 saturated heterocycles. The van der Waals surface area contributed by atoms with Crippen molar-refractivity contribution in [2.75, 3.05) is 20.6 Å². The van der Waals surface area contributed by atoms with Crippen molar-refractivity contribution in [1.29, 1.82) is 0 Å². The van der Waals surface area contributed by atoms with Crippen LogP contribution in [0.4, 0.5) is 0 Å². The van der Waals surface area contributed by atoms with Gasteiger partial charge in [-0.05, 0) is 76.5 Å². The number of carbonyl (C=O) groups excluding carboxylic acids is 1. The lowest BCUT2D eigenvalue weighted by atomic mass is 10.0. The number of unbranched alkanes of at least 4 members (excludes halogenated alkanes) is 2. The molecule has 2 rings (SSSR count). The van der Waals surface area contributed by atoms with Gasteiger partial charge in [0, 0.05) is 11.1 Å². The maximum Gasteiger partial charge on any atom is 0.255 e. The van der Waals surface area contributed by atoms with Crippen LogP contribution >= 0.6 is 11.6 Å². The average Bonchev–Trinajstić information content (AvgIpc) is 2.64. The third-order valence-electron chi connectivity index (χ3n) is 4.72. The molecule has 0 unspecified atom stereocenters. The van der Waals surface area contributed by atoms with Crippen LogP contribution < -0.4 is 5.32 Å². The summed E-state index contributed by atoms with van der Waals surface area (Å²) in [7, 11) is 4.14. The van der Waals surface area contributed by atoms with E-state index in [-0.39, 0.29) is 23.3 Å². The molecule has 0 aliphatic carbocycles. The number of halogens is 1. The fraction of sp³-hybridized carbons (Fsp3) is 0.435. The SMILES string of the molecule is C[C@H](Cc1ccccc1)NC(=O)c1cc(Cl)c(CCCCCN(C)C)cc1O. The Kier molecular flexibility index (Phi) is 8.81. The topological polar surface area (TPSA) is 52.6 Å². The fourth-order valence-electron chi connectivity index (χ4n) is 3.22. The number of amides is 1. The molecule has 2 aromatic rings. The molecule has 28 heavy (non-hydrogen) atoms. The van der Waals surface area contributed by atoms with Gasteiger partial charge >= 0.3 is 0 Å². The van der Waals surface area contributed by atoms with E-state index in [4.69, 9.17) is 11.6 Å². The zero-order chi connectivity index (χ0) is 20.5.